The third kappa shape index (κ3) is 1.96. The molecule has 1 aliphatic heterocycles. The van der Waals surface area contributed by atoms with Crippen LogP contribution in [0.25, 0.3) is 0 Å². The predicted octanol–water partition coefficient (Wildman–Crippen LogP) is 2.79. The normalized spacial score (nSPS) is 30.2. The quantitative estimate of drug-likeness (QED) is 0.776. The van der Waals surface area contributed by atoms with Gasteiger partial charge in [0.1, 0.15) is 11.2 Å². The Morgan fingerprint density at radius 2 is 2.00 bits per heavy atom. The molecule has 106 valence electrons. The standard InChI is InChI=1S/C17H21NO2/c1-13-9-11-18(12-14-6-3-2-4-7-14)16(20)17(13)10-5-8-15(17)19/h2-4,6-7,13H,5,8-12H2,1H3. The second kappa shape index (κ2) is 5.04. The van der Waals surface area contributed by atoms with Crippen molar-refractivity contribution in [3.05, 3.63) is 35.9 Å². The topological polar surface area (TPSA) is 37.4 Å². The molecule has 1 saturated heterocycles. The summed E-state index contributed by atoms with van der Waals surface area (Å²) in [5, 5.41) is 0. The van der Waals surface area contributed by atoms with Crippen molar-refractivity contribution in [1.82, 2.24) is 4.90 Å². The minimum Gasteiger partial charge on any atom is -0.337 e. The van der Waals surface area contributed by atoms with Crippen LogP contribution in [-0.2, 0) is 16.1 Å². The lowest BCUT2D eigenvalue weighted by atomic mass is 9.69. The third-order valence-corrected chi connectivity index (χ3v) is 5.03. The van der Waals surface area contributed by atoms with Gasteiger partial charge in [-0.05, 0) is 30.7 Å². The molecule has 20 heavy (non-hydrogen) atoms. The molecule has 2 atom stereocenters. The second-order valence-corrected chi connectivity index (χ2v) is 6.15. The highest BCUT2D eigenvalue weighted by Gasteiger charge is 2.55. The summed E-state index contributed by atoms with van der Waals surface area (Å²) in [6.07, 6.45) is 3.13. The molecule has 1 heterocycles. The second-order valence-electron chi connectivity index (χ2n) is 6.15. The number of rotatable bonds is 2. The van der Waals surface area contributed by atoms with Gasteiger partial charge in [-0.2, -0.15) is 0 Å². The Kier molecular flexibility index (Phi) is 3.36. The number of nitrogens with zero attached hydrogens (tertiary/aromatic N) is 1. The molecule has 1 amide bonds. The fraction of sp³-hybridized carbons (Fsp3) is 0.529. The maximum Gasteiger partial charge on any atom is 0.236 e. The average Bonchev–Trinajstić information content (AvgIpc) is 2.84. The Bertz CT molecular complexity index is 525. The zero-order chi connectivity index (χ0) is 14.2. The van der Waals surface area contributed by atoms with E-state index in [0.717, 1.165) is 31.4 Å². The van der Waals surface area contributed by atoms with Crippen LogP contribution in [0.3, 0.4) is 0 Å². The minimum atomic E-state index is -0.701. The number of piperidine rings is 1. The molecule has 1 aliphatic carbocycles. The van der Waals surface area contributed by atoms with E-state index in [1.807, 2.05) is 35.2 Å². The predicted molar refractivity (Wildman–Crippen MR) is 76.9 cm³/mol. The first-order valence-electron chi connectivity index (χ1n) is 7.51. The van der Waals surface area contributed by atoms with E-state index in [4.69, 9.17) is 0 Å². The van der Waals surface area contributed by atoms with Gasteiger partial charge in [-0.3, -0.25) is 9.59 Å². The van der Waals surface area contributed by atoms with Crippen LogP contribution in [0.1, 0.15) is 38.2 Å². The lowest BCUT2D eigenvalue weighted by molar-refractivity contribution is -0.156. The van der Waals surface area contributed by atoms with Gasteiger partial charge < -0.3 is 4.90 Å². The Morgan fingerprint density at radius 3 is 2.65 bits per heavy atom. The molecule has 1 aromatic carbocycles. The Balaban J connectivity index is 1.84. The summed E-state index contributed by atoms with van der Waals surface area (Å²) in [5.41, 5.74) is 0.434. The van der Waals surface area contributed by atoms with Gasteiger partial charge in [0.25, 0.3) is 0 Å². The van der Waals surface area contributed by atoms with Crippen LogP contribution in [0, 0.1) is 11.3 Å². The van der Waals surface area contributed by atoms with Crippen molar-refractivity contribution in [2.24, 2.45) is 11.3 Å². The molecule has 1 spiro atoms. The van der Waals surface area contributed by atoms with E-state index >= 15 is 0 Å². The van der Waals surface area contributed by atoms with E-state index in [9.17, 15) is 9.59 Å². The molecule has 1 saturated carbocycles. The van der Waals surface area contributed by atoms with E-state index in [1.54, 1.807) is 0 Å². The molecule has 0 N–H and O–H groups in total. The number of hydrogen-bond acceptors (Lipinski definition) is 2. The fourth-order valence-electron chi connectivity index (χ4n) is 3.78. The number of Topliss-reactive ketones (excluding diaryl/α,β-unsaturated/α-hetero) is 1. The summed E-state index contributed by atoms with van der Waals surface area (Å²) in [4.78, 5) is 27.1. The maximum absolute atomic E-state index is 12.9. The van der Waals surface area contributed by atoms with Crippen molar-refractivity contribution < 1.29 is 9.59 Å². The van der Waals surface area contributed by atoms with Crippen molar-refractivity contribution >= 4 is 11.7 Å². The van der Waals surface area contributed by atoms with Gasteiger partial charge in [-0.15, -0.1) is 0 Å². The summed E-state index contributed by atoms with van der Waals surface area (Å²) >= 11 is 0. The molecule has 3 rings (SSSR count). The fourth-order valence-corrected chi connectivity index (χ4v) is 3.78. The largest absolute Gasteiger partial charge is 0.337 e. The van der Waals surface area contributed by atoms with Gasteiger partial charge in [0, 0.05) is 19.5 Å². The van der Waals surface area contributed by atoms with Gasteiger partial charge in [0.15, 0.2) is 0 Å². The highest BCUT2D eigenvalue weighted by molar-refractivity contribution is 6.08. The third-order valence-electron chi connectivity index (χ3n) is 5.03. The van der Waals surface area contributed by atoms with Crippen molar-refractivity contribution in [3.63, 3.8) is 0 Å². The van der Waals surface area contributed by atoms with Crippen LogP contribution >= 0.6 is 0 Å². The number of likely N-dealkylation sites (tertiary alicyclic amines) is 1. The molecule has 3 heteroatoms. The Hall–Kier alpha value is -1.64. The number of carbonyl (C=O) groups is 2. The van der Waals surface area contributed by atoms with Gasteiger partial charge in [0.2, 0.25) is 5.91 Å². The van der Waals surface area contributed by atoms with Gasteiger partial charge in [-0.1, -0.05) is 37.3 Å². The number of ketones is 1. The molecule has 2 aliphatic rings. The average molecular weight is 271 g/mol. The monoisotopic (exact) mass is 271 g/mol. The maximum atomic E-state index is 12.9. The van der Waals surface area contributed by atoms with Crippen LogP contribution in [0.4, 0.5) is 0 Å². The van der Waals surface area contributed by atoms with Crippen LogP contribution in [-0.4, -0.2) is 23.1 Å². The molecule has 0 radical (unpaired) electrons. The van der Waals surface area contributed by atoms with E-state index in [1.165, 1.54) is 0 Å². The molecule has 2 fully saturated rings. The molecule has 3 nitrogen and oxygen atoms in total. The van der Waals surface area contributed by atoms with Gasteiger partial charge >= 0.3 is 0 Å². The number of hydrogen-bond donors (Lipinski definition) is 0. The molecule has 1 aromatic rings. The van der Waals surface area contributed by atoms with E-state index in [-0.39, 0.29) is 17.6 Å². The first-order chi connectivity index (χ1) is 9.64. The summed E-state index contributed by atoms with van der Waals surface area (Å²) in [6.45, 7) is 3.46. The SMILES string of the molecule is CC1CCN(Cc2ccccc2)C(=O)C12CCCC2=O. The van der Waals surface area contributed by atoms with Crippen molar-refractivity contribution in [3.8, 4) is 0 Å². The van der Waals surface area contributed by atoms with Crippen molar-refractivity contribution in [2.75, 3.05) is 6.54 Å². The molecular weight excluding hydrogens is 250 g/mol. The first kappa shape index (κ1) is 13.3. The summed E-state index contributed by atoms with van der Waals surface area (Å²) < 4.78 is 0. The minimum absolute atomic E-state index is 0.0719. The number of carbonyl (C=O) groups excluding carboxylic acids is 2. The molecular formula is C17H21NO2. The van der Waals surface area contributed by atoms with Gasteiger partial charge in [0.05, 0.1) is 0 Å². The van der Waals surface area contributed by atoms with Crippen LogP contribution < -0.4 is 0 Å². The van der Waals surface area contributed by atoms with Gasteiger partial charge in [-0.25, -0.2) is 0 Å². The number of amides is 1. The highest BCUT2D eigenvalue weighted by atomic mass is 16.2. The first-order valence-corrected chi connectivity index (χ1v) is 7.51. The van der Waals surface area contributed by atoms with Crippen LogP contribution in [0.15, 0.2) is 30.3 Å². The summed E-state index contributed by atoms with van der Waals surface area (Å²) in [7, 11) is 0. The lowest BCUT2D eigenvalue weighted by Crippen LogP contribution is -2.54. The van der Waals surface area contributed by atoms with Crippen molar-refractivity contribution in [1.29, 1.82) is 0 Å². The Morgan fingerprint density at radius 1 is 1.25 bits per heavy atom. The zero-order valence-electron chi connectivity index (χ0n) is 12.0. The van der Waals surface area contributed by atoms with Crippen LogP contribution in [0.2, 0.25) is 0 Å². The van der Waals surface area contributed by atoms with E-state index in [0.29, 0.717) is 13.0 Å². The Labute approximate surface area is 120 Å². The molecule has 0 bridgehead atoms. The smallest absolute Gasteiger partial charge is 0.236 e. The van der Waals surface area contributed by atoms with E-state index in [2.05, 4.69) is 6.92 Å². The van der Waals surface area contributed by atoms with E-state index < -0.39 is 5.41 Å². The summed E-state index contributed by atoms with van der Waals surface area (Å²) in [5.74, 6) is 0.437. The highest BCUT2D eigenvalue weighted by Crippen LogP contribution is 2.47. The molecule has 0 aromatic heterocycles. The zero-order valence-corrected chi connectivity index (χ0v) is 12.0. The molecule has 2 unspecified atom stereocenters. The lowest BCUT2D eigenvalue weighted by Gasteiger charge is -2.42. The van der Waals surface area contributed by atoms with Crippen LogP contribution in [0.5, 0.6) is 0 Å². The van der Waals surface area contributed by atoms with Crippen molar-refractivity contribution in [2.45, 2.75) is 39.2 Å². The summed E-state index contributed by atoms with van der Waals surface area (Å²) in [6, 6.07) is 10.0. The number of benzene rings is 1.